The number of ether oxygens (including phenoxy) is 1. The Labute approximate surface area is 171 Å². The molecule has 2 aromatic carbocycles. The van der Waals surface area contributed by atoms with Gasteiger partial charge in [-0.15, -0.1) is 0 Å². The van der Waals surface area contributed by atoms with E-state index in [1.54, 1.807) is 24.3 Å². The van der Waals surface area contributed by atoms with Gasteiger partial charge in [0.15, 0.2) is 0 Å². The Balaban J connectivity index is 1.55. The predicted molar refractivity (Wildman–Crippen MR) is 103 cm³/mol. The summed E-state index contributed by atoms with van der Waals surface area (Å²) in [6.07, 6.45) is 1.45. The number of rotatable bonds is 9. The number of amides is 1. The Kier molecular flexibility index (Phi) is 6.80. The van der Waals surface area contributed by atoms with Crippen molar-refractivity contribution >= 4 is 15.9 Å². The van der Waals surface area contributed by atoms with Gasteiger partial charge in [0.2, 0.25) is 10.0 Å². The molecule has 10 heteroatoms. The molecule has 0 aliphatic heterocycles. The van der Waals surface area contributed by atoms with Crippen LogP contribution in [0.25, 0.3) is 0 Å². The number of sulfonamides is 1. The maximum Gasteiger partial charge on any atom is 0.387 e. The van der Waals surface area contributed by atoms with Crippen molar-refractivity contribution in [2.24, 2.45) is 0 Å². The van der Waals surface area contributed by atoms with E-state index in [4.69, 9.17) is 4.42 Å². The summed E-state index contributed by atoms with van der Waals surface area (Å²) in [5, 5.41) is 2.67. The third-order valence-corrected chi connectivity index (χ3v) is 5.46. The molecule has 1 amide bonds. The first-order chi connectivity index (χ1) is 14.3. The first-order valence-electron chi connectivity index (χ1n) is 8.77. The molecular formula is C20H18F2N2O5S. The Morgan fingerprint density at radius 1 is 1.00 bits per heavy atom. The van der Waals surface area contributed by atoms with Gasteiger partial charge in [0.05, 0.1) is 17.7 Å². The summed E-state index contributed by atoms with van der Waals surface area (Å²) < 4.78 is 60.7. The van der Waals surface area contributed by atoms with Crippen molar-refractivity contribution in [1.29, 1.82) is 0 Å². The van der Waals surface area contributed by atoms with E-state index in [2.05, 4.69) is 14.8 Å². The highest BCUT2D eigenvalue weighted by atomic mass is 32.2. The van der Waals surface area contributed by atoms with Crippen LogP contribution in [-0.2, 0) is 23.1 Å². The quantitative estimate of drug-likeness (QED) is 0.537. The minimum atomic E-state index is -3.75. The zero-order valence-electron chi connectivity index (χ0n) is 15.5. The number of carbonyl (C=O) groups excluding carboxylic acids is 1. The molecule has 1 heterocycles. The highest BCUT2D eigenvalue weighted by Gasteiger charge is 2.15. The maximum absolute atomic E-state index is 12.3. The molecule has 0 spiro atoms. The van der Waals surface area contributed by atoms with Crippen molar-refractivity contribution in [3.63, 3.8) is 0 Å². The molecule has 0 atom stereocenters. The standard InChI is InChI=1S/C20H18F2N2O5S/c21-20(22)29-16-7-3-14(4-8-16)12-23-19(25)15-5-9-18(10-6-15)30(26,27)24-13-17-2-1-11-28-17/h1-11,20,24H,12-13H2,(H,23,25). The first kappa shape index (κ1) is 21.5. The fourth-order valence-electron chi connectivity index (χ4n) is 2.52. The molecule has 30 heavy (non-hydrogen) atoms. The lowest BCUT2D eigenvalue weighted by atomic mass is 10.2. The monoisotopic (exact) mass is 436 g/mol. The molecule has 0 fully saturated rings. The van der Waals surface area contributed by atoms with Crippen molar-refractivity contribution in [1.82, 2.24) is 10.0 Å². The van der Waals surface area contributed by atoms with Gasteiger partial charge in [-0.3, -0.25) is 4.79 Å². The second-order valence-corrected chi connectivity index (χ2v) is 7.90. The van der Waals surface area contributed by atoms with E-state index < -0.39 is 22.5 Å². The second kappa shape index (κ2) is 9.51. The van der Waals surface area contributed by atoms with Crippen LogP contribution < -0.4 is 14.8 Å². The Morgan fingerprint density at radius 2 is 1.70 bits per heavy atom. The largest absolute Gasteiger partial charge is 0.468 e. The van der Waals surface area contributed by atoms with Crippen molar-refractivity contribution < 1.29 is 31.1 Å². The van der Waals surface area contributed by atoms with E-state index >= 15 is 0 Å². The lowest BCUT2D eigenvalue weighted by Gasteiger charge is -2.09. The van der Waals surface area contributed by atoms with Gasteiger partial charge in [-0.05, 0) is 54.1 Å². The predicted octanol–water partition coefficient (Wildman–Crippen LogP) is 3.29. The van der Waals surface area contributed by atoms with Crippen molar-refractivity contribution in [2.45, 2.75) is 24.6 Å². The number of halogens is 2. The van der Waals surface area contributed by atoms with Crippen LogP contribution in [0.5, 0.6) is 5.75 Å². The molecular weight excluding hydrogens is 418 g/mol. The molecule has 0 radical (unpaired) electrons. The van der Waals surface area contributed by atoms with Gasteiger partial charge >= 0.3 is 6.61 Å². The SMILES string of the molecule is O=C(NCc1ccc(OC(F)F)cc1)c1ccc(S(=O)(=O)NCc2ccco2)cc1. The lowest BCUT2D eigenvalue weighted by molar-refractivity contribution is -0.0498. The molecule has 0 unspecified atom stereocenters. The molecule has 0 saturated heterocycles. The molecule has 2 N–H and O–H groups in total. The minimum absolute atomic E-state index is 0.0126. The molecule has 0 saturated carbocycles. The molecule has 0 bridgehead atoms. The number of alkyl halides is 2. The van der Waals surface area contributed by atoms with Gasteiger partial charge in [0, 0.05) is 12.1 Å². The Hall–Kier alpha value is -3.24. The van der Waals surface area contributed by atoms with Crippen LogP contribution in [0.2, 0.25) is 0 Å². The first-order valence-corrected chi connectivity index (χ1v) is 10.3. The normalized spacial score (nSPS) is 11.4. The number of nitrogens with one attached hydrogen (secondary N) is 2. The highest BCUT2D eigenvalue weighted by Crippen LogP contribution is 2.15. The fraction of sp³-hybridized carbons (Fsp3) is 0.150. The summed E-state index contributed by atoms with van der Waals surface area (Å²) in [4.78, 5) is 12.3. The van der Waals surface area contributed by atoms with Crippen LogP contribution in [0.15, 0.2) is 76.2 Å². The summed E-state index contributed by atoms with van der Waals surface area (Å²) in [7, 11) is -3.75. The average molecular weight is 436 g/mol. The lowest BCUT2D eigenvalue weighted by Crippen LogP contribution is -2.24. The smallest absolute Gasteiger partial charge is 0.387 e. The number of hydrogen-bond acceptors (Lipinski definition) is 5. The Morgan fingerprint density at radius 3 is 2.30 bits per heavy atom. The van der Waals surface area contributed by atoms with Crippen LogP contribution >= 0.6 is 0 Å². The summed E-state index contributed by atoms with van der Waals surface area (Å²) in [5.74, 6) is 0.0938. The number of hydrogen-bond donors (Lipinski definition) is 2. The maximum atomic E-state index is 12.3. The van der Waals surface area contributed by atoms with Gasteiger partial charge in [0.1, 0.15) is 11.5 Å². The molecule has 3 rings (SSSR count). The summed E-state index contributed by atoms with van der Waals surface area (Å²) >= 11 is 0. The second-order valence-electron chi connectivity index (χ2n) is 6.13. The van der Waals surface area contributed by atoms with E-state index in [-0.39, 0.29) is 29.3 Å². The number of carbonyl (C=O) groups is 1. The molecule has 7 nitrogen and oxygen atoms in total. The number of benzene rings is 2. The topological polar surface area (TPSA) is 97.6 Å². The average Bonchev–Trinajstić information content (AvgIpc) is 3.25. The fourth-order valence-corrected chi connectivity index (χ4v) is 3.51. The van der Waals surface area contributed by atoms with E-state index in [0.717, 1.165) is 0 Å². The van der Waals surface area contributed by atoms with E-state index in [1.165, 1.54) is 42.7 Å². The van der Waals surface area contributed by atoms with Gasteiger partial charge < -0.3 is 14.5 Å². The van der Waals surface area contributed by atoms with Crippen LogP contribution in [0, 0.1) is 0 Å². The summed E-state index contributed by atoms with van der Waals surface area (Å²) in [6.45, 7) is -2.72. The molecule has 1 aromatic heterocycles. The zero-order valence-corrected chi connectivity index (χ0v) is 16.4. The molecule has 158 valence electrons. The van der Waals surface area contributed by atoms with Gasteiger partial charge in [-0.2, -0.15) is 8.78 Å². The van der Waals surface area contributed by atoms with Gasteiger partial charge in [-0.1, -0.05) is 12.1 Å². The van der Waals surface area contributed by atoms with Crippen LogP contribution in [0.4, 0.5) is 8.78 Å². The van der Waals surface area contributed by atoms with Crippen molar-refractivity contribution in [3.05, 3.63) is 83.8 Å². The summed E-state index contributed by atoms with van der Waals surface area (Å²) in [5.41, 5.74) is 0.962. The van der Waals surface area contributed by atoms with Gasteiger partial charge in [0.25, 0.3) is 5.91 Å². The van der Waals surface area contributed by atoms with E-state index in [9.17, 15) is 22.0 Å². The van der Waals surface area contributed by atoms with E-state index in [0.29, 0.717) is 11.3 Å². The van der Waals surface area contributed by atoms with Crippen molar-refractivity contribution in [2.75, 3.05) is 0 Å². The van der Waals surface area contributed by atoms with Crippen LogP contribution in [0.3, 0.4) is 0 Å². The molecule has 3 aromatic rings. The summed E-state index contributed by atoms with van der Waals surface area (Å²) in [6, 6.07) is 14.6. The molecule has 0 aliphatic carbocycles. The minimum Gasteiger partial charge on any atom is -0.468 e. The zero-order chi connectivity index (χ0) is 21.6. The van der Waals surface area contributed by atoms with Crippen molar-refractivity contribution in [3.8, 4) is 5.75 Å². The van der Waals surface area contributed by atoms with Gasteiger partial charge in [-0.25, -0.2) is 13.1 Å². The highest BCUT2D eigenvalue weighted by molar-refractivity contribution is 7.89. The third-order valence-electron chi connectivity index (χ3n) is 4.04. The van der Waals surface area contributed by atoms with Crippen LogP contribution in [-0.4, -0.2) is 20.9 Å². The van der Waals surface area contributed by atoms with E-state index in [1.807, 2.05) is 0 Å². The van der Waals surface area contributed by atoms with Crippen LogP contribution in [0.1, 0.15) is 21.7 Å². The number of furan rings is 1. The Bertz CT molecular complexity index is 1070. The molecule has 0 aliphatic rings. The third kappa shape index (κ3) is 5.88.